The minimum absolute atomic E-state index is 0.0470. The Morgan fingerprint density at radius 3 is 2.65 bits per heavy atom. The molecule has 3 aromatic rings. The first-order chi connectivity index (χ1) is 15.0. The van der Waals surface area contributed by atoms with Crippen LogP contribution in [0.25, 0.3) is 5.69 Å². The van der Waals surface area contributed by atoms with Crippen LogP contribution in [0.3, 0.4) is 0 Å². The number of aryl methyl sites for hydroxylation is 2. The van der Waals surface area contributed by atoms with Crippen LogP contribution >= 0.6 is 0 Å². The van der Waals surface area contributed by atoms with Gasteiger partial charge in [0.15, 0.2) is 11.5 Å². The van der Waals surface area contributed by atoms with Gasteiger partial charge in [-0.3, -0.25) is 4.79 Å². The molecule has 1 N–H and O–H groups in total. The number of hydrogen-bond acceptors (Lipinski definition) is 4. The molecule has 1 unspecified atom stereocenters. The van der Waals surface area contributed by atoms with Gasteiger partial charge in [-0.1, -0.05) is 18.1 Å². The monoisotopic (exact) mass is 415 g/mol. The number of nitrogens with zero attached hydrogens (tertiary/aromatic N) is 2. The fraction of sp³-hybridized carbons (Fsp3) is 0.280. The summed E-state index contributed by atoms with van der Waals surface area (Å²) in [5.41, 5.74) is 5.14. The van der Waals surface area contributed by atoms with Gasteiger partial charge in [-0.2, -0.15) is 5.10 Å². The standard InChI is InChI=1S/C25H25N3O3/c1-5-9-31-22-8-7-18(13-23(22)30-6-2)20-14-24(29)27-25-21(20)15-26-28(25)19-11-16(3)10-17(4)12-19/h1,7-8,10-13,15,20H,6,9,14H2,2-4H3,(H,27,29). The number of benzene rings is 2. The van der Waals surface area contributed by atoms with Gasteiger partial charge in [0.1, 0.15) is 12.4 Å². The number of fused-ring (bicyclic) bond motifs is 1. The van der Waals surface area contributed by atoms with Crippen molar-refractivity contribution in [3.8, 4) is 29.5 Å². The van der Waals surface area contributed by atoms with E-state index in [0.717, 1.165) is 27.9 Å². The highest BCUT2D eigenvalue weighted by molar-refractivity contribution is 5.94. The number of carbonyl (C=O) groups excluding carboxylic acids is 1. The summed E-state index contributed by atoms with van der Waals surface area (Å²) < 4.78 is 13.2. The summed E-state index contributed by atoms with van der Waals surface area (Å²) in [6, 6.07) is 12.0. The first-order valence-electron chi connectivity index (χ1n) is 10.3. The van der Waals surface area contributed by atoms with Gasteiger partial charge in [0.25, 0.3) is 0 Å². The first-order valence-corrected chi connectivity index (χ1v) is 10.3. The topological polar surface area (TPSA) is 65.4 Å². The maximum atomic E-state index is 12.6. The van der Waals surface area contributed by atoms with E-state index in [1.54, 1.807) is 4.68 Å². The van der Waals surface area contributed by atoms with Crippen LogP contribution in [0.1, 0.15) is 41.5 Å². The van der Waals surface area contributed by atoms with E-state index in [2.05, 4.69) is 34.5 Å². The lowest BCUT2D eigenvalue weighted by atomic mass is 9.87. The summed E-state index contributed by atoms with van der Waals surface area (Å²) in [6.45, 7) is 6.67. The maximum Gasteiger partial charge on any atom is 0.226 e. The van der Waals surface area contributed by atoms with Crippen LogP contribution in [0.2, 0.25) is 0 Å². The molecule has 158 valence electrons. The molecule has 31 heavy (non-hydrogen) atoms. The van der Waals surface area contributed by atoms with E-state index >= 15 is 0 Å². The number of hydrogen-bond donors (Lipinski definition) is 1. The lowest BCUT2D eigenvalue weighted by Crippen LogP contribution is -2.24. The van der Waals surface area contributed by atoms with Gasteiger partial charge in [-0.15, -0.1) is 6.42 Å². The summed E-state index contributed by atoms with van der Waals surface area (Å²) in [5, 5.41) is 7.61. The zero-order valence-electron chi connectivity index (χ0n) is 17.9. The number of ether oxygens (including phenoxy) is 2. The van der Waals surface area contributed by atoms with Crippen molar-refractivity contribution in [2.75, 3.05) is 18.5 Å². The summed E-state index contributed by atoms with van der Waals surface area (Å²) in [7, 11) is 0. The van der Waals surface area contributed by atoms with Gasteiger partial charge in [-0.25, -0.2) is 4.68 Å². The molecule has 6 nitrogen and oxygen atoms in total. The zero-order chi connectivity index (χ0) is 22.0. The Balaban J connectivity index is 1.75. The third-order valence-corrected chi connectivity index (χ3v) is 5.25. The third kappa shape index (κ3) is 4.13. The number of rotatable bonds is 6. The van der Waals surface area contributed by atoms with Crippen LogP contribution in [0.4, 0.5) is 5.82 Å². The Hall–Kier alpha value is -3.72. The van der Waals surface area contributed by atoms with Crippen molar-refractivity contribution in [2.45, 2.75) is 33.1 Å². The van der Waals surface area contributed by atoms with Crippen molar-refractivity contribution in [3.05, 3.63) is 64.8 Å². The van der Waals surface area contributed by atoms with Crippen LogP contribution in [0.15, 0.2) is 42.6 Å². The van der Waals surface area contributed by atoms with Crippen LogP contribution in [-0.2, 0) is 4.79 Å². The fourth-order valence-electron chi connectivity index (χ4n) is 4.03. The van der Waals surface area contributed by atoms with Gasteiger partial charge in [-0.05, 0) is 61.7 Å². The number of amides is 1. The molecule has 2 heterocycles. The average Bonchev–Trinajstić information content (AvgIpc) is 3.15. The fourth-order valence-corrected chi connectivity index (χ4v) is 4.03. The molecule has 0 bridgehead atoms. The quantitative estimate of drug-likeness (QED) is 0.607. The highest BCUT2D eigenvalue weighted by Crippen LogP contribution is 2.41. The van der Waals surface area contributed by atoms with Gasteiger partial charge in [0.2, 0.25) is 5.91 Å². The van der Waals surface area contributed by atoms with Crippen LogP contribution in [0, 0.1) is 26.2 Å². The van der Waals surface area contributed by atoms with E-state index in [0.29, 0.717) is 30.3 Å². The molecule has 0 fully saturated rings. The average molecular weight is 415 g/mol. The minimum atomic E-state index is -0.135. The number of aromatic nitrogens is 2. The highest BCUT2D eigenvalue weighted by Gasteiger charge is 2.31. The highest BCUT2D eigenvalue weighted by atomic mass is 16.5. The number of anilines is 1. The number of terminal acetylenes is 1. The third-order valence-electron chi connectivity index (χ3n) is 5.25. The van der Waals surface area contributed by atoms with Gasteiger partial charge >= 0.3 is 0 Å². The van der Waals surface area contributed by atoms with E-state index in [-0.39, 0.29) is 18.4 Å². The summed E-state index contributed by atoms with van der Waals surface area (Å²) >= 11 is 0. The largest absolute Gasteiger partial charge is 0.490 e. The van der Waals surface area contributed by atoms with Gasteiger partial charge < -0.3 is 14.8 Å². The lowest BCUT2D eigenvalue weighted by Gasteiger charge is -2.24. The molecule has 0 saturated carbocycles. The van der Waals surface area contributed by atoms with E-state index in [1.165, 1.54) is 0 Å². The normalized spacial score (nSPS) is 15.0. The maximum absolute atomic E-state index is 12.6. The molecule has 0 aliphatic carbocycles. The van der Waals surface area contributed by atoms with Crippen molar-refractivity contribution in [3.63, 3.8) is 0 Å². The molecule has 0 saturated heterocycles. The summed E-state index contributed by atoms with van der Waals surface area (Å²) in [6.07, 6.45) is 7.48. The van der Waals surface area contributed by atoms with Gasteiger partial charge in [0, 0.05) is 17.9 Å². The molecule has 2 aromatic carbocycles. The summed E-state index contributed by atoms with van der Waals surface area (Å²) in [5.74, 6) is 4.20. The zero-order valence-corrected chi connectivity index (χ0v) is 17.9. The number of nitrogens with one attached hydrogen (secondary N) is 1. The molecular weight excluding hydrogens is 390 g/mol. The van der Waals surface area contributed by atoms with Crippen molar-refractivity contribution < 1.29 is 14.3 Å². The molecule has 1 atom stereocenters. The number of carbonyl (C=O) groups is 1. The summed E-state index contributed by atoms with van der Waals surface area (Å²) in [4.78, 5) is 12.6. The molecule has 1 aromatic heterocycles. The Morgan fingerprint density at radius 1 is 1.16 bits per heavy atom. The SMILES string of the molecule is C#CCOc1ccc(C2CC(=O)Nc3c2cnn3-c2cc(C)cc(C)c2)cc1OCC. The van der Waals surface area contributed by atoms with Crippen molar-refractivity contribution >= 4 is 11.7 Å². The Morgan fingerprint density at radius 2 is 1.94 bits per heavy atom. The van der Waals surface area contributed by atoms with Crippen molar-refractivity contribution in [1.82, 2.24) is 9.78 Å². The second-order valence-corrected chi connectivity index (χ2v) is 7.64. The first kappa shape index (κ1) is 20.5. The lowest BCUT2D eigenvalue weighted by molar-refractivity contribution is -0.116. The van der Waals surface area contributed by atoms with E-state index in [4.69, 9.17) is 15.9 Å². The minimum Gasteiger partial charge on any atom is -0.490 e. The molecule has 4 rings (SSSR count). The van der Waals surface area contributed by atoms with Crippen LogP contribution in [0.5, 0.6) is 11.5 Å². The van der Waals surface area contributed by atoms with Gasteiger partial charge in [0.05, 0.1) is 18.5 Å². The molecule has 6 heteroatoms. The molecule has 1 aliphatic heterocycles. The van der Waals surface area contributed by atoms with E-state index < -0.39 is 0 Å². The van der Waals surface area contributed by atoms with Crippen molar-refractivity contribution in [1.29, 1.82) is 0 Å². The molecular formula is C25H25N3O3. The van der Waals surface area contributed by atoms with Crippen LogP contribution in [-0.4, -0.2) is 28.9 Å². The van der Waals surface area contributed by atoms with Crippen molar-refractivity contribution in [2.24, 2.45) is 0 Å². The Kier molecular flexibility index (Phi) is 5.68. The molecule has 0 radical (unpaired) electrons. The second kappa shape index (κ2) is 8.57. The second-order valence-electron chi connectivity index (χ2n) is 7.64. The predicted octanol–water partition coefficient (Wildman–Crippen LogP) is 4.37. The molecule has 1 amide bonds. The predicted molar refractivity (Wildman–Crippen MR) is 120 cm³/mol. The van der Waals surface area contributed by atoms with E-state index in [9.17, 15) is 4.79 Å². The smallest absolute Gasteiger partial charge is 0.226 e. The van der Waals surface area contributed by atoms with Crippen LogP contribution < -0.4 is 14.8 Å². The Labute approximate surface area is 182 Å². The van der Waals surface area contributed by atoms with E-state index in [1.807, 2.05) is 45.2 Å². The Bertz CT molecular complexity index is 1150. The molecule has 0 spiro atoms. The molecule has 1 aliphatic rings.